The molecule has 4 N–H and O–H groups in total. The fourth-order valence-electron chi connectivity index (χ4n) is 1.63. The molecule has 0 heterocycles. The summed E-state index contributed by atoms with van der Waals surface area (Å²) in [4.78, 5) is 0. The van der Waals surface area contributed by atoms with E-state index in [-0.39, 0.29) is 5.84 Å². The zero-order valence-corrected chi connectivity index (χ0v) is 11.4. The molecule has 0 aromatic heterocycles. The molecule has 0 saturated heterocycles. The van der Waals surface area contributed by atoms with Gasteiger partial charge in [0.25, 0.3) is 0 Å². The Balaban J connectivity index is 2.19. The van der Waals surface area contributed by atoms with E-state index in [1.165, 1.54) is 5.56 Å². The van der Waals surface area contributed by atoms with E-state index in [1.807, 2.05) is 24.3 Å². The molecule has 0 atom stereocenters. The highest BCUT2D eigenvalue weighted by molar-refractivity contribution is 5.96. The Morgan fingerprint density at radius 2 is 2.05 bits per heavy atom. The van der Waals surface area contributed by atoms with Crippen LogP contribution in [0.1, 0.15) is 30.9 Å². The Morgan fingerprint density at radius 1 is 1.32 bits per heavy atom. The zero-order valence-electron chi connectivity index (χ0n) is 11.4. The van der Waals surface area contributed by atoms with Crippen molar-refractivity contribution in [3.05, 3.63) is 35.4 Å². The van der Waals surface area contributed by atoms with Crippen molar-refractivity contribution in [1.82, 2.24) is 5.32 Å². The number of ether oxygens (including phenoxy) is 1. The average Bonchev–Trinajstić information content (AvgIpc) is 2.46. The summed E-state index contributed by atoms with van der Waals surface area (Å²) in [6.07, 6.45) is 2.09. The standard InChI is InChI=1S/C14H23N3O2/c1-2-9-19-10-3-8-16-11-12-4-6-13(7-5-12)14(15)17-18/h4-7,16,18H,2-3,8-11H2,1H3,(H2,15,17). The summed E-state index contributed by atoms with van der Waals surface area (Å²) < 4.78 is 5.40. The van der Waals surface area contributed by atoms with Gasteiger partial charge in [-0.25, -0.2) is 0 Å². The maximum absolute atomic E-state index is 8.56. The maximum Gasteiger partial charge on any atom is 0.170 e. The Morgan fingerprint density at radius 3 is 2.68 bits per heavy atom. The van der Waals surface area contributed by atoms with Gasteiger partial charge in [0, 0.05) is 25.3 Å². The van der Waals surface area contributed by atoms with Crippen LogP contribution in [0.25, 0.3) is 0 Å². The van der Waals surface area contributed by atoms with Crippen molar-refractivity contribution < 1.29 is 9.94 Å². The Bertz CT molecular complexity index is 377. The smallest absolute Gasteiger partial charge is 0.170 e. The first kappa shape index (κ1) is 15.5. The zero-order chi connectivity index (χ0) is 13.9. The number of hydrogen-bond donors (Lipinski definition) is 3. The Labute approximate surface area is 114 Å². The van der Waals surface area contributed by atoms with Crippen LogP contribution in [-0.2, 0) is 11.3 Å². The van der Waals surface area contributed by atoms with Gasteiger partial charge in [0.05, 0.1) is 0 Å². The fraction of sp³-hybridized carbons (Fsp3) is 0.500. The summed E-state index contributed by atoms with van der Waals surface area (Å²) in [6, 6.07) is 7.62. The van der Waals surface area contributed by atoms with E-state index in [2.05, 4.69) is 17.4 Å². The van der Waals surface area contributed by atoms with Gasteiger partial charge in [-0.3, -0.25) is 0 Å². The second kappa shape index (κ2) is 9.35. The number of nitrogens with one attached hydrogen (secondary N) is 1. The van der Waals surface area contributed by atoms with Crippen LogP contribution in [0.3, 0.4) is 0 Å². The van der Waals surface area contributed by atoms with Crippen LogP contribution in [0, 0.1) is 0 Å². The summed E-state index contributed by atoms with van der Waals surface area (Å²) in [5.74, 6) is 0.132. The third-order valence-electron chi connectivity index (χ3n) is 2.68. The summed E-state index contributed by atoms with van der Waals surface area (Å²) in [6.45, 7) is 5.50. The quantitative estimate of drug-likeness (QED) is 0.209. The second-order valence-corrected chi connectivity index (χ2v) is 4.32. The lowest BCUT2D eigenvalue weighted by molar-refractivity contribution is 0.132. The number of nitrogens with two attached hydrogens (primary N) is 1. The highest BCUT2D eigenvalue weighted by Gasteiger charge is 1.98. The third-order valence-corrected chi connectivity index (χ3v) is 2.68. The van der Waals surface area contributed by atoms with Crippen molar-refractivity contribution in [2.75, 3.05) is 19.8 Å². The van der Waals surface area contributed by atoms with Crippen LogP contribution in [-0.4, -0.2) is 30.8 Å². The van der Waals surface area contributed by atoms with Crippen LogP contribution < -0.4 is 11.1 Å². The number of benzene rings is 1. The molecule has 0 aliphatic carbocycles. The minimum Gasteiger partial charge on any atom is -0.409 e. The van der Waals surface area contributed by atoms with E-state index >= 15 is 0 Å². The van der Waals surface area contributed by atoms with E-state index in [9.17, 15) is 0 Å². The topological polar surface area (TPSA) is 79.9 Å². The highest BCUT2D eigenvalue weighted by Crippen LogP contribution is 2.04. The van der Waals surface area contributed by atoms with Crippen molar-refractivity contribution in [2.45, 2.75) is 26.3 Å². The van der Waals surface area contributed by atoms with E-state index in [0.29, 0.717) is 0 Å². The lowest BCUT2D eigenvalue weighted by Gasteiger charge is -2.06. The summed E-state index contributed by atoms with van der Waals surface area (Å²) in [5.41, 5.74) is 7.39. The lowest BCUT2D eigenvalue weighted by atomic mass is 10.1. The van der Waals surface area contributed by atoms with Crippen molar-refractivity contribution in [1.29, 1.82) is 0 Å². The summed E-state index contributed by atoms with van der Waals surface area (Å²) in [5, 5.41) is 14.9. The molecule has 1 aromatic carbocycles. The molecule has 1 aromatic rings. The third kappa shape index (κ3) is 6.22. The van der Waals surface area contributed by atoms with E-state index in [0.717, 1.165) is 44.7 Å². The van der Waals surface area contributed by atoms with E-state index in [4.69, 9.17) is 15.7 Å². The second-order valence-electron chi connectivity index (χ2n) is 4.32. The van der Waals surface area contributed by atoms with E-state index in [1.54, 1.807) is 0 Å². The molecule has 5 heteroatoms. The van der Waals surface area contributed by atoms with Gasteiger partial charge in [-0.05, 0) is 24.9 Å². The average molecular weight is 265 g/mol. The minimum atomic E-state index is 0.132. The first-order valence-electron chi connectivity index (χ1n) is 6.63. The van der Waals surface area contributed by atoms with Gasteiger partial charge >= 0.3 is 0 Å². The molecular weight excluding hydrogens is 242 g/mol. The first-order chi connectivity index (χ1) is 9.27. The van der Waals surface area contributed by atoms with Gasteiger partial charge in [0.15, 0.2) is 5.84 Å². The van der Waals surface area contributed by atoms with Crippen molar-refractivity contribution in [3.63, 3.8) is 0 Å². The predicted octanol–water partition coefficient (Wildman–Crippen LogP) is 1.69. The highest BCUT2D eigenvalue weighted by atomic mass is 16.5. The number of hydrogen-bond acceptors (Lipinski definition) is 4. The number of oxime groups is 1. The van der Waals surface area contributed by atoms with Crippen LogP contribution in [0.2, 0.25) is 0 Å². The predicted molar refractivity (Wildman–Crippen MR) is 76.4 cm³/mol. The molecule has 0 bridgehead atoms. The minimum absolute atomic E-state index is 0.132. The van der Waals surface area contributed by atoms with Crippen molar-refractivity contribution >= 4 is 5.84 Å². The molecular formula is C14H23N3O2. The molecule has 106 valence electrons. The molecule has 0 radical (unpaired) electrons. The van der Waals surface area contributed by atoms with Gasteiger partial charge in [-0.15, -0.1) is 0 Å². The van der Waals surface area contributed by atoms with Crippen LogP contribution in [0.15, 0.2) is 29.4 Å². The summed E-state index contributed by atoms with van der Waals surface area (Å²) in [7, 11) is 0. The largest absolute Gasteiger partial charge is 0.409 e. The number of nitrogens with zero attached hydrogens (tertiary/aromatic N) is 1. The molecule has 0 aliphatic heterocycles. The van der Waals surface area contributed by atoms with Crippen LogP contribution in [0.4, 0.5) is 0 Å². The van der Waals surface area contributed by atoms with Gasteiger partial charge < -0.3 is 21.0 Å². The molecule has 0 unspecified atom stereocenters. The fourth-order valence-corrected chi connectivity index (χ4v) is 1.63. The van der Waals surface area contributed by atoms with Gasteiger partial charge in [0.1, 0.15) is 0 Å². The van der Waals surface area contributed by atoms with Crippen molar-refractivity contribution in [2.24, 2.45) is 10.9 Å². The van der Waals surface area contributed by atoms with E-state index < -0.39 is 0 Å². The van der Waals surface area contributed by atoms with Crippen LogP contribution >= 0.6 is 0 Å². The van der Waals surface area contributed by atoms with Gasteiger partial charge in [0.2, 0.25) is 0 Å². The molecule has 0 fully saturated rings. The molecule has 19 heavy (non-hydrogen) atoms. The number of amidine groups is 1. The first-order valence-corrected chi connectivity index (χ1v) is 6.63. The molecule has 0 amide bonds. The molecule has 0 aliphatic rings. The molecule has 5 nitrogen and oxygen atoms in total. The summed E-state index contributed by atoms with van der Waals surface area (Å²) >= 11 is 0. The molecule has 0 spiro atoms. The normalized spacial score (nSPS) is 11.7. The van der Waals surface area contributed by atoms with Gasteiger partial charge in [-0.1, -0.05) is 36.3 Å². The molecule has 0 saturated carbocycles. The monoisotopic (exact) mass is 265 g/mol. The Hall–Kier alpha value is -1.59. The van der Waals surface area contributed by atoms with Crippen molar-refractivity contribution in [3.8, 4) is 0 Å². The lowest BCUT2D eigenvalue weighted by Crippen LogP contribution is -2.17. The number of rotatable bonds is 9. The van der Waals surface area contributed by atoms with Gasteiger partial charge in [-0.2, -0.15) is 0 Å². The SMILES string of the molecule is CCCOCCCNCc1ccc(/C(N)=N/O)cc1. The molecule has 1 rings (SSSR count). The Kier molecular flexibility index (Phi) is 7.62. The maximum atomic E-state index is 8.56. The van der Waals surface area contributed by atoms with Crippen LogP contribution in [0.5, 0.6) is 0 Å².